The first-order valence-corrected chi connectivity index (χ1v) is 10.4. The van der Waals surface area contributed by atoms with Crippen molar-refractivity contribution < 1.29 is 7.86 Å². The van der Waals surface area contributed by atoms with Gasteiger partial charge < -0.3 is 0 Å². The zero-order valence-corrected chi connectivity index (χ0v) is 14.1. The van der Waals surface area contributed by atoms with Crippen molar-refractivity contribution in [2.45, 2.75) is 51.9 Å². The number of rotatable bonds is 6. The maximum absolute atomic E-state index is 11.7. The Hall–Kier alpha value is -1.02. The first-order chi connectivity index (χ1) is 9.83. The number of halogens is 1. The van der Waals surface area contributed by atoms with Gasteiger partial charge in [-0.05, 0) is 0 Å². The van der Waals surface area contributed by atoms with Crippen molar-refractivity contribution in [1.82, 2.24) is 0 Å². The third kappa shape index (κ3) is 4.24. The van der Waals surface area contributed by atoms with Gasteiger partial charge in [0.15, 0.2) is 0 Å². The molecule has 0 radical (unpaired) electrons. The number of fused-ring (bicyclic) bond motifs is 1. The summed E-state index contributed by atoms with van der Waals surface area (Å²) in [4.78, 5) is 11.7. The first kappa shape index (κ1) is 15.4. The van der Waals surface area contributed by atoms with Gasteiger partial charge in [0.05, 0.1) is 0 Å². The molecule has 1 aliphatic heterocycles. The summed E-state index contributed by atoms with van der Waals surface area (Å²) in [6.45, 7) is 2.23. The molecule has 0 unspecified atom stereocenters. The van der Waals surface area contributed by atoms with E-state index in [0.29, 0.717) is 0 Å². The van der Waals surface area contributed by atoms with Crippen molar-refractivity contribution in [3.8, 4) is 9.85 Å². The van der Waals surface area contributed by atoms with Crippen LogP contribution in [-0.4, -0.2) is 5.97 Å². The van der Waals surface area contributed by atoms with Crippen LogP contribution in [0.5, 0.6) is 0 Å². The molecule has 0 atom stereocenters. The SMILES string of the molecule is CCCCCCCCC#CI1OC(=O)c2ccccc21. The van der Waals surface area contributed by atoms with Crippen LogP contribution >= 0.6 is 20.2 Å². The van der Waals surface area contributed by atoms with E-state index in [1.54, 1.807) is 0 Å². The van der Waals surface area contributed by atoms with Gasteiger partial charge in [-0.2, -0.15) is 0 Å². The summed E-state index contributed by atoms with van der Waals surface area (Å²) in [5.41, 5.74) is 0.728. The van der Waals surface area contributed by atoms with E-state index >= 15 is 0 Å². The molecule has 0 spiro atoms. The second-order valence-electron chi connectivity index (χ2n) is 4.88. The molecule has 2 rings (SSSR count). The topological polar surface area (TPSA) is 26.3 Å². The third-order valence-electron chi connectivity index (χ3n) is 3.23. The second-order valence-corrected chi connectivity index (χ2v) is 8.44. The number of benzene rings is 1. The van der Waals surface area contributed by atoms with Crippen molar-refractivity contribution in [2.24, 2.45) is 0 Å². The average Bonchev–Trinajstić information content (AvgIpc) is 2.79. The predicted octanol–water partition coefficient (Wildman–Crippen LogP) is 5.16. The standard InChI is InChI=1S/C17H21IO2/c1-2-3-4-5-6-7-8-11-14-18-16-13-10-9-12-15(16)17(19)20-18/h9-10,12-13H,2-8H2,1H3. The van der Waals surface area contributed by atoms with Crippen LogP contribution in [0, 0.1) is 13.4 Å². The normalized spacial score (nSPS) is 14.4. The van der Waals surface area contributed by atoms with Crippen LogP contribution in [0.15, 0.2) is 24.3 Å². The van der Waals surface area contributed by atoms with Crippen molar-refractivity contribution >= 4 is 26.2 Å². The van der Waals surface area contributed by atoms with E-state index < -0.39 is 20.2 Å². The summed E-state index contributed by atoms with van der Waals surface area (Å²) >= 11 is -2.00. The third-order valence-corrected chi connectivity index (χ3v) is 6.94. The molecule has 2 nitrogen and oxygen atoms in total. The Labute approximate surface area is 129 Å². The summed E-state index contributed by atoms with van der Waals surface area (Å²) in [5, 5.41) is 0. The number of carbonyl (C=O) groups excluding carboxylic acids is 1. The van der Waals surface area contributed by atoms with E-state index in [1.807, 2.05) is 24.3 Å². The fourth-order valence-electron chi connectivity index (χ4n) is 2.10. The molecule has 0 aromatic heterocycles. The molecule has 0 amide bonds. The second kappa shape index (κ2) is 8.31. The van der Waals surface area contributed by atoms with Crippen LogP contribution in [0.4, 0.5) is 0 Å². The predicted molar refractivity (Wildman–Crippen MR) is 90.3 cm³/mol. The van der Waals surface area contributed by atoms with Crippen LogP contribution in [0.2, 0.25) is 0 Å². The summed E-state index contributed by atoms with van der Waals surface area (Å²) in [7, 11) is 0. The van der Waals surface area contributed by atoms with E-state index in [0.717, 1.165) is 22.0 Å². The molecule has 1 aliphatic rings. The summed E-state index contributed by atoms with van der Waals surface area (Å²) in [6, 6.07) is 7.67. The molecule has 108 valence electrons. The Morgan fingerprint density at radius 2 is 1.85 bits per heavy atom. The monoisotopic (exact) mass is 384 g/mol. The molecule has 0 fully saturated rings. The Bertz CT molecular complexity index is 513. The van der Waals surface area contributed by atoms with Gasteiger partial charge in [-0.15, -0.1) is 0 Å². The van der Waals surface area contributed by atoms with Gasteiger partial charge >= 0.3 is 129 Å². The number of hydrogen-bond acceptors (Lipinski definition) is 2. The summed E-state index contributed by atoms with van der Waals surface area (Å²) in [6.07, 6.45) is 8.64. The molecule has 0 saturated heterocycles. The van der Waals surface area contributed by atoms with E-state index in [4.69, 9.17) is 3.07 Å². The maximum atomic E-state index is 11.7. The minimum absolute atomic E-state index is 0.181. The molecule has 1 heterocycles. The van der Waals surface area contributed by atoms with Crippen molar-refractivity contribution in [3.05, 3.63) is 33.4 Å². The fraction of sp³-hybridized carbons (Fsp3) is 0.471. The molecule has 3 heteroatoms. The molecule has 0 saturated carbocycles. The van der Waals surface area contributed by atoms with Crippen molar-refractivity contribution in [2.75, 3.05) is 0 Å². The quantitative estimate of drug-likeness (QED) is 0.385. The Morgan fingerprint density at radius 3 is 2.70 bits per heavy atom. The van der Waals surface area contributed by atoms with Gasteiger partial charge in [0.1, 0.15) is 0 Å². The van der Waals surface area contributed by atoms with E-state index in [1.165, 1.54) is 32.1 Å². The van der Waals surface area contributed by atoms with E-state index in [-0.39, 0.29) is 5.97 Å². The van der Waals surface area contributed by atoms with Gasteiger partial charge in [0.25, 0.3) is 0 Å². The van der Waals surface area contributed by atoms with Gasteiger partial charge in [0, 0.05) is 0 Å². The first-order valence-electron chi connectivity index (χ1n) is 7.33. The molecular weight excluding hydrogens is 363 g/mol. The zero-order chi connectivity index (χ0) is 14.2. The van der Waals surface area contributed by atoms with Crippen LogP contribution in [-0.2, 0) is 3.07 Å². The van der Waals surface area contributed by atoms with E-state index in [9.17, 15) is 4.79 Å². The van der Waals surface area contributed by atoms with Crippen LogP contribution in [0.3, 0.4) is 0 Å². The molecule has 0 aliphatic carbocycles. The Kier molecular flexibility index (Phi) is 6.38. The molecular formula is C17H21IO2. The number of carbonyl (C=O) groups is 1. The molecule has 1 aromatic rings. The summed E-state index contributed by atoms with van der Waals surface area (Å²) in [5.74, 6) is 3.04. The Balaban J connectivity index is 1.76. The Morgan fingerprint density at radius 1 is 1.10 bits per heavy atom. The fourth-order valence-corrected chi connectivity index (χ4v) is 5.45. The van der Waals surface area contributed by atoms with Gasteiger partial charge in [0.2, 0.25) is 0 Å². The van der Waals surface area contributed by atoms with Crippen LogP contribution < -0.4 is 0 Å². The van der Waals surface area contributed by atoms with Gasteiger partial charge in [-0.1, -0.05) is 0 Å². The van der Waals surface area contributed by atoms with Gasteiger partial charge in [-0.25, -0.2) is 0 Å². The minimum atomic E-state index is -2.00. The molecule has 20 heavy (non-hydrogen) atoms. The zero-order valence-electron chi connectivity index (χ0n) is 12.0. The summed E-state index contributed by atoms with van der Waals surface area (Å²) < 4.78 is 9.74. The molecule has 0 bridgehead atoms. The molecule has 1 aromatic carbocycles. The van der Waals surface area contributed by atoms with Gasteiger partial charge in [-0.3, -0.25) is 0 Å². The molecule has 0 N–H and O–H groups in total. The number of unbranched alkanes of at least 4 members (excludes halogenated alkanes) is 6. The van der Waals surface area contributed by atoms with Crippen LogP contribution in [0.1, 0.15) is 62.2 Å². The average molecular weight is 384 g/mol. The van der Waals surface area contributed by atoms with Crippen molar-refractivity contribution in [3.63, 3.8) is 0 Å². The van der Waals surface area contributed by atoms with Crippen molar-refractivity contribution in [1.29, 1.82) is 0 Å². The van der Waals surface area contributed by atoms with E-state index in [2.05, 4.69) is 16.8 Å². The van der Waals surface area contributed by atoms with Crippen LogP contribution in [0.25, 0.3) is 0 Å². The number of hydrogen-bond donors (Lipinski definition) is 0.